The molecule has 1 heterocycles. The highest BCUT2D eigenvalue weighted by Crippen LogP contribution is 2.09. The summed E-state index contributed by atoms with van der Waals surface area (Å²) in [4.78, 5) is 0. The molecule has 0 aliphatic heterocycles. The molecule has 0 amide bonds. The van der Waals surface area contributed by atoms with Crippen LogP contribution in [0.2, 0.25) is 0 Å². The minimum atomic E-state index is 0.406. The highest BCUT2D eigenvalue weighted by atomic mass is 15.1. The zero-order valence-electron chi connectivity index (χ0n) is 9.72. The number of nitrogens with one attached hydrogen (secondary N) is 2. The molecule has 0 bridgehead atoms. The van der Waals surface area contributed by atoms with Gasteiger partial charge in [0.05, 0.1) is 5.69 Å². The Labute approximate surface area is 91.7 Å². The first kappa shape index (κ1) is 11.8. The van der Waals surface area contributed by atoms with Gasteiger partial charge in [-0.15, -0.1) is 12.3 Å². The molecule has 1 unspecified atom stereocenters. The van der Waals surface area contributed by atoms with Crippen LogP contribution in [0.3, 0.4) is 0 Å². The Bertz CT molecular complexity index is 327. The lowest BCUT2D eigenvalue weighted by atomic mass is 10.1. The van der Waals surface area contributed by atoms with E-state index in [4.69, 9.17) is 6.42 Å². The van der Waals surface area contributed by atoms with Crippen molar-refractivity contribution in [2.45, 2.75) is 46.2 Å². The summed E-state index contributed by atoms with van der Waals surface area (Å²) in [6, 6.07) is 0.406. The molecule has 0 aliphatic carbocycles. The molecular formula is C12H19N3. The second-order valence-electron chi connectivity index (χ2n) is 3.81. The predicted molar refractivity (Wildman–Crippen MR) is 62.4 cm³/mol. The Morgan fingerprint density at radius 2 is 2.27 bits per heavy atom. The fourth-order valence-electron chi connectivity index (χ4n) is 1.58. The zero-order valence-corrected chi connectivity index (χ0v) is 9.72. The highest BCUT2D eigenvalue weighted by molar-refractivity contribution is 5.22. The minimum absolute atomic E-state index is 0.406. The molecule has 0 spiro atoms. The van der Waals surface area contributed by atoms with E-state index in [0.717, 1.165) is 30.8 Å². The number of hydrogen-bond donors (Lipinski definition) is 2. The maximum atomic E-state index is 5.31. The first-order valence-electron chi connectivity index (χ1n) is 5.36. The molecule has 3 nitrogen and oxygen atoms in total. The number of aromatic nitrogens is 2. The predicted octanol–water partition coefficient (Wildman–Crippen LogP) is 1.92. The van der Waals surface area contributed by atoms with E-state index < -0.39 is 0 Å². The largest absolute Gasteiger partial charge is 0.309 e. The molecule has 15 heavy (non-hydrogen) atoms. The van der Waals surface area contributed by atoms with E-state index in [0.29, 0.717) is 6.04 Å². The van der Waals surface area contributed by atoms with E-state index >= 15 is 0 Å². The molecule has 82 valence electrons. The number of terminal acetylenes is 1. The third kappa shape index (κ3) is 3.10. The Kier molecular flexibility index (Phi) is 4.38. The summed E-state index contributed by atoms with van der Waals surface area (Å²) < 4.78 is 0. The van der Waals surface area contributed by atoms with E-state index in [9.17, 15) is 0 Å². The third-order valence-electron chi connectivity index (χ3n) is 2.71. The standard InChI is InChI=1S/C12H19N3/c1-5-7-11(6-2)13-8-12-9(3)14-15-10(12)4/h1,11,13H,6-8H2,2-4H3,(H,14,15). The molecule has 0 saturated carbocycles. The van der Waals surface area contributed by atoms with Gasteiger partial charge in [0.2, 0.25) is 0 Å². The Morgan fingerprint density at radius 1 is 1.53 bits per heavy atom. The molecular weight excluding hydrogens is 186 g/mol. The summed E-state index contributed by atoms with van der Waals surface area (Å²) in [7, 11) is 0. The number of H-pyrrole nitrogens is 1. The van der Waals surface area contributed by atoms with Crippen LogP contribution in [0.1, 0.15) is 36.7 Å². The van der Waals surface area contributed by atoms with Crippen molar-refractivity contribution in [3.63, 3.8) is 0 Å². The van der Waals surface area contributed by atoms with Crippen LogP contribution in [-0.2, 0) is 6.54 Å². The number of nitrogens with zero attached hydrogens (tertiary/aromatic N) is 1. The Balaban J connectivity index is 2.53. The number of aromatic amines is 1. The molecule has 0 aromatic carbocycles. The van der Waals surface area contributed by atoms with Crippen LogP contribution in [0.4, 0.5) is 0 Å². The lowest BCUT2D eigenvalue weighted by Gasteiger charge is -2.14. The molecule has 0 saturated heterocycles. The van der Waals surface area contributed by atoms with Gasteiger partial charge in [0.15, 0.2) is 0 Å². The number of aryl methyl sites for hydroxylation is 2. The van der Waals surface area contributed by atoms with E-state index in [2.05, 4.69) is 28.4 Å². The summed E-state index contributed by atoms with van der Waals surface area (Å²) in [6.45, 7) is 7.04. The maximum absolute atomic E-state index is 5.31. The van der Waals surface area contributed by atoms with Crippen molar-refractivity contribution in [3.05, 3.63) is 17.0 Å². The Hall–Kier alpha value is -1.27. The van der Waals surface area contributed by atoms with Crippen molar-refractivity contribution in [3.8, 4) is 12.3 Å². The van der Waals surface area contributed by atoms with E-state index in [1.54, 1.807) is 0 Å². The van der Waals surface area contributed by atoms with Crippen molar-refractivity contribution >= 4 is 0 Å². The van der Waals surface area contributed by atoms with Gasteiger partial charge in [0, 0.05) is 30.3 Å². The Morgan fingerprint density at radius 3 is 2.73 bits per heavy atom. The summed E-state index contributed by atoms with van der Waals surface area (Å²) >= 11 is 0. The van der Waals surface area contributed by atoms with E-state index in [1.807, 2.05) is 13.8 Å². The molecule has 2 N–H and O–H groups in total. The van der Waals surface area contributed by atoms with Gasteiger partial charge in [-0.1, -0.05) is 6.92 Å². The van der Waals surface area contributed by atoms with Crippen LogP contribution in [0.5, 0.6) is 0 Å². The van der Waals surface area contributed by atoms with Gasteiger partial charge in [-0.05, 0) is 20.3 Å². The fraction of sp³-hybridized carbons (Fsp3) is 0.583. The monoisotopic (exact) mass is 205 g/mol. The van der Waals surface area contributed by atoms with Gasteiger partial charge in [-0.2, -0.15) is 5.10 Å². The summed E-state index contributed by atoms with van der Waals surface area (Å²) in [5.74, 6) is 2.69. The van der Waals surface area contributed by atoms with Crippen LogP contribution in [0, 0.1) is 26.2 Å². The molecule has 1 rings (SSSR count). The minimum Gasteiger partial charge on any atom is -0.309 e. The van der Waals surface area contributed by atoms with Crippen LogP contribution < -0.4 is 5.32 Å². The number of rotatable bonds is 5. The lowest BCUT2D eigenvalue weighted by Crippen LogP contribution is -2.27. The summed E-state index contributed by atoms with van der Waals surface area (Å²) in [6.07, 6.45) is 7.15. The van der Waals surface area contributed by atoms with Gasteiger partial charge in [0.1, 0.15) is 0 Å². The topological polar surface area (TPSA) is 40.7 Å². The molecule has 1 atom stereocenters. The quantitative estimate of drug-likeness (QED) is 0.721. The average Bonchev–Trinajstić information content (AvgIpc) is 2.54. The highest BCUT2D eigenvalue weighted by Gasteiger charge is 2.08. The second kappa shape index (κ2) is 5.57. The lowest BCUT2D eigenvalue weighted by molar-refractivity contribution is 0.505. The number of hydrogen-bond acceptors (Lipinski definition) is 2. The zero-order chi connectivity index (χ0) is 11.3. The molecule has 1 aromatic heterocycles. The van der Waals surface area contributed by atoms with Crippen LogP contribution in [0.15, 0.2) is 0 Å². The fourth-order valence-corrected chi connectivity index (χ4v) is 1.58. The van der Waals surface area contributed by atoms with Crippen LogP contribution in [0.25, 0.3) is 0 Å². The molecule has 0 radical (unpaired) electrons. The smallest absolute Gasteiger partial charge is 0.0638 e. The summed E-state index contributed by atoms with van der Waals surface area (Å²) in [5, 5.41) is 10.6. The van der Waals surface area contributed by atoms with Gasteiger partial charge >= 0.3 is 0 Å². The molecule has 1 aromatic rings. The van der Waals surface area contributed by atoms with Crippen molar-refractivity contribution in [2.24, 2.45) is 0 Å². The van der Waals surface area contributed by atoms with E-state index in [-0.39, 0.29) is 0 Å². The van der Waals surface area contributed by atoms with Gasteiger partial charge < -0.3 is 5.32 Å². The first-order valence-corrected chi connectivity index (χ1v) is 5.36. The van der Waals surface area contributed by atoms with Crippen molar-refractivity contribution < 1.29 is 0 Å². The van der Waals surface area contributed by atoms with Crippen molar-refractivity contribution in [1.29, 1.82) is 0 Å². The molecule has 3 heteroatoms. The molecule has 0 aliphatic rings. The SMILES string of the molecule is C#CCC(CC)NCc1c(C)n[nH]c1C. The normalized spacial score (nSPS) is 12.4. The maximum Gasteiger partial charge on any atom is 0.0638 e. The van der Waals surface area contributed by atoms with Gasteiger partial charge in [-0.3, -0.25) is 5.10 Å². The molecule has 0 fully saturated rings. The van der Waals surface area contributed by atoms with Crippen molar-refractivity contribution in [2.75, 3.05) is 0 Å². The second-order valence-corrected chi connectivity index (χ2v) is 3.81. The van der Waals surface area contributed by atoms with Crippen LogP contribution in [-0.4, -0.2) is 16.2 Å². The first-order chi connectivity index (χ1) is 7.19. The van der Waals surface area contributed by atoms with Gasteiger partial charge in [-0.25, -0.2) is 0 Å². The van der Waals surface area contributed by atoms with Crippen LogP contribution >= 0.6 is 0 Å². The van der Waals surface area contributed by atoms with E-state index in [1.165, 1.54) is 5.56 Å². The third-order valence-corrected chi connectivity index (χ3v) is 2.71. The van der Waals surface area contributed by atoms with Crippen molar-refractivity contribution in [1.82, 2.24) is 15.5 Å². The van der Waals surface area contributed by atoms with Gasteiger partial charge in [0.25, 0.3) is 0 Å². The average molecular weight is 205 g/mol. The summed E-state index contributed by atoms with van der Waals surface area (Å²) in [5.41, 5.74) is 3.46.